The molecule has 0 amide bonds. The van der Waals surface area contributed by atoms with Crippen molar-refractivity contribution >= 4 is 28.6 Å². The molecular weight excluding hydrogens is 354 g/mol. The van der Waals surface area contributed by atoms with Crippen LogP contribution in [-0.2, 0) is 4.74 Å². The van der Waals surface area contributed by atoms with Crippen molar-refractivity contribution in [3.63, 3.8) is 0 Å². The van der Waals surface area contributed by atoms with E-state index in [0.717, 1.165) is 61.3 Å². The molecule has 0 radical (unpaired) electrons. The zero-order valence-corrected chi connectivity index (χ0v) is 16.2. The molecule has 146 valence electrons. The molecule has 1 N–H and O–H groups in total. The highest BCUT2D eigenvalue weighted by Crippen LogP contribution is 2.31. The number of hydrogen-bond acceptors (Lipinski definition) is 7. The lowest BCUT2D eigenvalue weighted by molar-refractivity contribution is 0.182. The summed E-state index contributed by atoms with van der Waals surface area (Å²) in [5.41, 5.74) is 1.95. The monoisotopic (exact) mass is 379 g/mol. The molecule has 0 bridgehead atoms. The highest BCUT2D eigenvalue weighted by molar-refractivity contribution is 5.78. The maximum absolute atomic E-state index is 5.64. The van der Waals surface area contributed by atoms with Gasteiger partial charge in [-0.05, 0) is 32.3 Å². The van der Waals surface area contributed by atoms with Gasteiger partial charge in [-0.2, -0.15) is 4.98 Å². The minimum atomic E-state index is 0.341. The van der Waals surface area contributed by atoms with E-state index >= 15 is 0 Å². The number of fused-ring (bicyclic) bond motifs is 2. The van der Waals surface area contributed by atoms with E-state index in [0.29, 0.717) is 17.9 Å². The van der Waals surface area contributed by atoms with Gasteiger partial charge in [-0.15, -0.1) is 0 Å². The Balaban J connectivity index is 1.36. The highest BCUT2D eigenvalue weighted by Gasteiger charge is 2.34. The Kier molecular flexibility index (Phi) is 4.35. The average Bonchev–Trinajstić information content (AvgIpc) is 3.34. The van der Waals surface area contributed by atoms with Gasteiger partial charge in [0.05, 0.1) is 24.6 Å². The van der Waals surface area contributed by atoms with E-state index < -0.39 is 0 Å². The van der Waals surface area contributed by atoms with Gasteiger partial charge < -0.3 is 19.5 Å². The molecule has 0 aromatic carbocycles. The van der Waals surface area contributed by atoms with Crippen molar-refractivity contribution in [1.29, 1.82) is 0 Å². The van der Waals surface area contributed by atoms with E-state index in [1.54, 1.807) is 12.4 Å². The molecule has 2 unspecified atom stereocenters. The Bertz CT molecular complexity index is 986. The van der Waals surface area contributed by atoms with Crippen molar-refractivity contribution in [1.82, 2.24) is 24.5 Å². The minimum Gasteiger partial charge on any atom is -0.381 e. The van der Waals surface area contributed by atoms with Gasteiger partial charge in [0, 0.05) is 43.9 Å². The Hall–Kier alpha value is -2.74. The van der Waals surface area contributed by atoms with E-state index in [9.17, 15) is 0 Å². The largest absolute Gasteiger partial charge is 0.381 e. The molecule has 3 aromatic heterocycles. The normalized spacial score (nSPS) is 22.0. The van der Waals surface area contributed by atoms with Crippen molar-refractivity contribution < 1.29 is 4.74 Å². The van der Waals surface area contributed by atoms with Crippen LogP contribution < -0.4 is 10.2 Å². The standard InChI is InChI=1S/C20H25N7O/c1-13(2)27-12-23-16-8-22-19(7-17(16)27)24-18-3-5-21-20(25-18)26-6-4-14-10-28-11-15(14)9-26/h3,5,7-8,12-15H,4,6,9-11H2,1-2H3,(H,21,22,24,25). The molecule has 8 heteroatoms. The van der Waals surface area contributed by atoms with Crippen molar-refractivity contribution in [3.8, 4) is 0 Å². The van der Waals surface area contributed by atoms with E-state index in [1.165, 1.54) is 0 Å². The van der Waals surface area contributed by atoms with Crippen molar-refractivity contribution in [2.24, 2.45) is 11.8 Å². The predicted octanol–water partition coefficient (Wildman–Crippen LogP) is 3.02. The van der Waals surface area contributed by atoms with Gasteiger partial charge in [-0.3, -0.25) is 0 Å². The number of nitrogens with one attached hydrogen (secondary N) is 1. The first-order valence-corrected chi connectivity index (χ1v) is 9.93. The van der Waals surface area contributed by atoms with Gasteiger partial charge in [0.2, 0.25) is 5.95 Å². The number of pyridine rings is 1. The molecular formula is C20H25N7O. The SMILES string of the molecule is CC(C)n1cnc2cnc(Nc3ccnc(N4CCC5COCC5C4)n3)cc21. The first-order valence-electron chi connectivity index (χ1n) is 9.93. The van der Waals surface area contributed by atoms with Crippen LogP contribution in [0.25, 0.3) is 11.0 Å². The summed E-state index contributed by atoms with van der Waals surface area (Å²) in [5.74, 6) is 3.55. The first kappa shape index (κ1) is 17.4. The molecule has 0 aliphatic carbocycles. The molecule has 2 aliphatic heterocycles. The number of piperidine rings is 1. The van der Waals surface area contributed by atoms with E-state index in [4.69, 9.17) is 9.72 Å². The number of aromatic nitrogens is 5. The summed E-state index contributed by atoms with van der Waals surface area (Å²) in [6.45, 7) is 7.99. The van der Waals surface area contributed by atoms with Crippen LogP contribution in [0.4, 0.5) is 17.6 Å². The number of rotatable bonds is 4. The van der Waals surface area contributed by atoms with Crippen molar-refractivity contribution in [3.05, 3.63) is 30.9 Å². The molecule has 3 aromatic rings. The number of imidazole rings is 1. The highest BCUT2D eigenvalue weighted by atomic mass is 16.5. The quantitative estimate of drug-likeness (QED) is 0.746. The Morgan fingerprint density at radius 1 is 1.14 bits per heavy atom. The molecule has 0 saturated carbocycles. The Labute approximate surface area is 164 Å². The number of anilines is 3. The Morgan fingerprint density at radius 3 is 2.93 bits per heavy atom. The van der Waals surface area contributed by atoms with Gasteiger partial charge in [0.1, 0.15) is 17.2 Å². The Morgan fingerprint density at radius 2 is 2.04 bits per heavy atom. The van der Waals surface area contributed by atoms with Gasteiger partial charge in [0.25, 0.3) is 0 Å². The number of nitrogens with zero attached hydrogens (tertiary/aromatic N) is 6. The summed E-state index contributed by atoms with van der Waals surface area (Å²) in [6.07, 6.45) is 6.60. The van der Waals surface area contributed by atoms with Crippen LogP contribution in [0.1, 0.15) is 26.3 Å². The molecule has 8 nitrogen and oxygen atoms in total. The summed E-state index contributed by atoms with van der Waals surface area (Å²) in [6, 6.07) is 4.24. The van der Waals surface area contributed by atoms with Gasteiger partial charge in [-0.25, -0.2) is 15.0 Å². The summed E-state index contributed by atoms with van der Waals surface area (Å²) in [4.78, 5) is 20.4. The predicted molar refractivity (Wildman–Crippen MR) is 108 cm³/mol. The van der Waals surface area contributed by atoms with Crippen LogP contribution in [-0.4, -0.2) is 50.8 Å². The topological polar surface area (TPSA) is 81.0 Å². The third-order valence-electron chi connectivity index (χ3n) is 5.75. The molecule has 2 saturated heterocycles. The van der Waals surface area contributed by atoms with E-state index in [1.807, 2.05) is 18.5 Å². The summed E-state index contributed by atoms with van der Waals surface area (Å²) >= 11 is 0. The zero-order chi connectivity index (χ0) is 19.1. The maximum Gasteiger partial charge on any atom is 0.227 e. The zero-order valence-electron chi connectivity index (χ0n) is 16.2. The molecule has 2 fully saturated rings. The molecule has 2 aliphatic rings. The van der Waals surface area contributed by atoms with Crippen LogP contribution in [0.2, 0.25) is 0 Å². The smallest absolute Gasteiger partial charge is 0.227 e. The lowest BCUT2D eigenvalue weighted by Crippen LogP contribution is -2.40. The average molecular weight is 379 g/mol. The summed E-state index contributed by atoms with van der Waals surface area (Å²) in [5, 5.41) is 3.32. The number of ether oxygens (including phenoxy) is 1. The third-order valence-corrected chi connectivity index (χ3v) is 5.75. The van der Waals surface area contributed by atoms with Gasteiger partial charge in [-0.1, -0.05) is 0 Å². The van der Waals surface area contributed by atoms with Gasteiger partial charge >= 0.3 is 0 Å². The van der Waals surface area contributed by atoms with Gasteiger partial charge in [0.15, 0.2) is 0 Å². The van der Waals surface area contributed by atoms with Crippen LogP contribution in [0.15, 0.2) is 30.9 Å². The van der Waals surface area contributed by atoms with Crippen molar-refractivity contribution in [2.45, 2.75) is 26.3 Å². The number of hydrogen-bond donors (Lipinski definition) is 1. The molecule has 2 atom stereocenters. The van der Waals surface area contributed by atoms with E-state index in [-0.39, 0.29) is 0 Å². The second-order valence-corrected chi connectivity index (χ2v) is 7.96. The van der Waals surface area contributed by atoms with Crippen molar-refractivity contribution in [2.75, 3.05) is 36.5 Å². The fourth-order valence-electron chi connectivity index (χ4n) is 4.15. The summed E-state index contributed by atoms with van der Waals surface area (Å²) in [7, 11) is 0. The van der Waals surface area contributed by atoms with Crippen LogP contribution >= 0.6 is 0 Å². The fraction of sp³-hybridized carbons (Fsp3) is 0.500. The third kappa shape index (κ3) is 3.17. The van der Waals surface area contributed by atoms with Crippen LogP contribution in [0, 0.1) is 11.8 Å². The lowest BCUT2D eigenvalue weighted by atomic mass is 9.89. The lowest BCUT2D eigenvalue weighted by Gasteiger charge is -2.33. The minimum absolute atomic E-state index is 0.341. The van der Waals surface area contributed by atoms with E-state index in [2.05, 4.69) is 43.6 Å². The summed E-state index contributed by atoms with van der Waals surface area (Å²) < 4.78 is 7.78. The second kappa shape index (κ2) is 7.01. The molecule has 5 heterocycles. The first-order chi connectivity index (χ1) is 13.7. The van der Waals surface area contributed by atoms with Crippen LogP contribution in [0.5, 0.6) is 0 Å². The maximum atomic E-state index is 5.64. The fourth-order valence-corrected chi connectivity index (χ4v) is 4.15. The van der Waals surface area contributed by atoms with Crippen LogP contribution in [0.3, 0.4) is 0 Å². The second-order valence-electron chi connectivity index (χ2n) is 7.96. The molecule has 28 heavy (non-hydrogen) atoms. The molecule has 0 spiro atoms. The molecule has 5 rings (SSSR count).